The molecule has 7 nitrogen and oxygen atoms in total. The van der Waals surface area contributed by atoms with E-state index in [2.05, 4.69) is 20.9 Å². The fourth-order valence-corrected chi connectivity index (χ4v) is 3.70. The summed E-state index contributed by atoms with van der Waals surface area (Å²) in [6.07, 6.45) is 1.68. The van der Waals surface area contributed by atoms with Crippen LogP contribution in [-0.2, 0) is 11.4 Å². The van der Waals surface area contributed by atoms with Gasteiger partial charge < -0.3 is 20.3 Å². The number of hydrogen-bond acceptors (Lipinski definition) is 6. The molecule has 0 fully saturated rings. The van der Waals surface area contributed by atoms with Crippen LogP contribution in [0.3, 0.4) is 0 Å². The van der Waals surface area contributed by atoms with Gasteiger partial charge in [0.15, 0.2) is 16.7 Å². The molecule has 0 saturated carbocycles. The number of methoxy groups -OCH3 is 1. The van der Waals surface area contributed by atoms with E-state index in [0.29, 0.717) is 20.9 Å². The van der Waals surface area contributed by atoms with Gasteiger partial charge in [-0.15, -0.1) is 0 Å². The SMILES string of the molecule is COc1cc(C=C2SC(N)=NC2=O)cc(Br)c1OCc1ccc(C(=O)O)cc1. The molecule has 28 heavy (non-hydrogen) atoms. The van der Waals surface area contributed by atoms with Gasteiger partial charge in [-0.25, -0.2) is 4.79 Å². The van der Waals surface area contributed by atoms with Gasteiger partial charge in [0.2, 0.25) is 0 Å². The molecular weight excluding hydrogens is 448 g/mol. The van der Waals surface area contributed by atoms with Crippen LogP contribution in [0.2, 0.25) is 0 Å². The Balaban J connectivity index is 1.79. The number of carboxylic acids is 1. The van der Waals surface area contributed by atoms with Crippen LogP contribution in [0.4, 0.5) is 0 Å². The van der Waals surface area contributed by atoms with Crippen LogP contribution in [0.5, 0.6) is 11.5 Å². The maximum Gasteiger partial charge on any atom is 0.335 e. The third-order valence-electron chi connectivity index (χ3n) is 3.77. The van der Waals surface area contributed by atoms with Gasteiger partial charge in [0, 0.05) is 0 Å². The van der Waals surface area contributed by atoms with Crippen molar-refractivity contribution in [2.45, 2.75) is 6.61 Å². The number of carboxylic acid groups (broad SMARTS) is 1. The normalized spacial score (nSPS) is 14.9. The number of halogens is 1. The van der Waals surface area contributed by atoms with Crippen molar-refractivity contribution in [2.75, 3.05) is 7.11 Å². The number of carbonyl (C=O) groups is 2. The van der Waals surface area contributed by atoms with Gasteiger partial charge in [0.25, 0.3) is 5.91 Å². The predicted molar refractivity (Wildman–Crippen MR) is 111 cm³/mol. The molecule has 0 unspecified atom stereocenters. The quantitative estimate of drug-likeness (QED) is 0.629. The summed E-state index contributed by atoms with van der Waals surface area (Å²) in [5, 5.41) is 9.17. The Morgan fingerprint density at radius 1 is 1.32 bits per heavy atom. The summed E-state index contributed by atoms with van der Waals surface area (Å²) in [7, 11) is 1.52. The van der Waals surface area contributed by atoms with Crippen molar-refractivity contribution in [3.63, 3.8) is 0 Å². The van der Waals surface area contributed by atoms with Gasteiger partial charge in [0.05, 0.1) is 22.1 Å². The molecule has 3 N–H and O–H groups in total. The summed E-state index contributed by atoms with van der Waals surface area (Å²) < 4.78 is 11.9. The molecule has 2 aromatic rings. The van der Waals surface area contributed by atoms with E-state index >= 15 is 0 Å². The Morgan fingerprint density at radius 2 is 2.04 bits per heavy atom. The van der Waals surface area contributed by atoms with Crippen LogP contribution in [-0.4, -0.2) is 29.3 Å². The zero-order chi connectivity index (χ0) is 20.3. The van der Waals surface area contributed by atoms with E-state index in [0.717, 1.165) is 22.9 Å². The Kier molecular flexibility index (Phi) is 6.05. The molecule has 0 saturated heterocycles. The summed E-state index contributed by atoms with van der Waals surface area (Å²) >= 11 is 4.58. The first kappa shape index (κ1) is 20.0. The van der Waals surface area contributed by atoms with Gasteiger partial charge in [-0.05, 0) is 69.2 Å². The number of benzene rings is 2. The highest BCUT2D eigenvalue weighted by atomic mass is 79.9. The van der Waals surface area contributed by atoms with E-state index in [1.807, 2.05) is 0 Å². The van der Waals surface area contributed by atoms with Crippen molar-refractivity contribution in [1.29, 1.82) is 0 Å². The number of aromatic carboxylic acids is 1. The fourth-order valence-electron chi connectivity index (χ4n) is 2.44. The average Bonchev–Trinajstić information content (AvgIpc) is 2.97. The molecule has 0 aromatic heterocycles. The number of thioether (sulfide) groups is 1. The molecule has 2 aromatic carbocycles. The average molecular weight is 463 g/mol. The van der Waals surface area contributed by atoms with Crippen molar-refractivity contribution >= 4 is 50.8 Å². The Labute approximate surface area is 173 Å². The van der Waals surface area contributed by atoms with Gasteiger partial charge in [-0.3, -0.25) is 4.79 Å². The lowest BCUT2D eigenvalue weighted by Gasteiger charge is -2.14. The van der Waals surface area contributed by atoms with Crippen molar-refractivity contribution in [3.05, 3.63) is 62.5 Å². The number of aliphatic imine (C=N–C) groups is 1. The highest BCUT2D eigenvalue weighted by molar-refractivity contribution is 9.10. The Morgan fingerprint density at radius 3 is 2.61 bits per heavy atom. The van der Waals surface area contributed by atoms with Crippen LogP contribution >= 0.6 is 27.7 Å². The second-order valence-corrected chi connectivity index (χ2v) is 7.61. The number of nitrogens with two attached hydrogens (primary N) is 1. The molecule has 0 bridgehead atoms. The number of carbonyl (C=O) groups excluding carboxylic acids is 1. The molecule has 3 rings (SSSR count). The van der Waals surface area contributed by atoms with Gasteiger partial charge >= 0.3 is 5.97 Å². The minimum Gasteiger partial charge on any atom is -0.493 e. The first-order chi connectivity index (χ1) is 13.4. The number of amidine groups is 1. The lowest BCUT2D eigenvalue weighted by molar-refractivity contribution is -0.113. The van der Waals surface area contributed by atoms with E-state index in [9.17, 15) is 9.59 Å². The highest BCUT2D eigenvalue weighted by Crippen LogP contribution is 2.38. The number of hydrogen-bond donors (Lipinski definition) is 2. The minimum absolute atomic E-state index is 0.212. The van der Waals surface area contributed by atoms with Crippen molar-refractivity contribution in [1.82, 2.24) is 0 Å². The van der Waals surface area contributed by atoms with E-state index in [4.69, 9.17) is 20.3 Å². The third-order valence-corrected chi connectivity index (χ3v) is 5.17. The summed E-state index contributed by atoms with van der Waals surface area (Å²) in [6, 6.07) is 9.95. The Hall–Kier alpha value is -2.78. The van der Waals surface area contributed by atoms with Crippen LogP contribution in [0, 0.1) is 0 Å². The summed E-state index contributed by atoms with van der Waals surface area (Å²) in [5.74, 6) is -0.378. The molecule has 1 aliphatic rings. The molecule has 144 valence electrons. The van der Waals surface area contributed by atoms with E-state index in [-0.39, 0.29) is 23.2 Å². The smallest absolute Gasteiger partial charge is 0.335 e. The second kappa shape index (κ2) is 8.49. The van der Waals surface area contributed by atoms with Crippen molar-refractivity contribution in [3.8, 4) is 11.5 Å². The van der Waals surface area contributed by atoms with E-state index in [1.165, 1.54) is 19.2 Å². The largest absolute Gasteiger partial charge is 0.493 e. The zero-order valence-corrected chi connectivity index (χ0v) is 17.0. The summed E-state index contributed by atoms with van der Waals surface area (Å²) in [4.78, 5) is 26.8. The molecule has 0 spiro atoms. The topological polar surface area (TPSA) is 111 Å². The summed E-state index contributed by atoms with van der Waals surface area (Å²) in [5.41, 5.74) is 7.31. The standard InChI is InChI=1S/C19H15BrN2O5S/c1-26-14-7-11(8-15-17(23)22-19(21)28-15)6-13(20)16(14)27-9-10-2-4-12(5-3-10)18(24)25/h2-8H,9H2,1H3,(H,24,25)(H2,21,22,23). The molecule has 9 heteroatoms. The molecular formula is C19H15BrN2O5S. The molecule has 0 aliphatic carbocycles. The fraction of sp³-hybridized carbons (Fsp3) is 0.105. The van der Waals surface area contributed by atoms with Crippen molar-refractivity contribution < 1.29 is 24.2 Å². The first-order valence-electron chi connectivity index (χ1n) is 7.98. The van der Waals surface area contributed by atoms with Crippen LogP contribution in [0.1, 0.15) is 21.5 Å². The highest BCUT2D eigenvalue weighted by Gasteiger charge is 2.20. The predicted octanol–water partition coefficient (Wildman–Crippen LogP) is 3.66. The molecule has 1 heterocycles. The number of ether oxygens (including phenoxy) is 2. The molecule has 1 aliphatic heterocycles. The van der Waals surface area contributed by atoms with Gasteiger partial charge in [-0.1, -0.05) is 12.1 Å². The van der Waals surface area contributed by atoms with Crippen LogP contribution < -0.4 is 15.2 Å². The number of amides is 1. The maximum atomic E-state index is 11.8. The Bertz CT molecular complexity index is 1000. The van der Waals surface area contributed by atoms with Gasteiger partial charge in [-0.2, -0.15) is 4.99 Å². The molecule has 0 atom stereocenters. The van der Waals surface area contributed by atoms with Crippen molar-refractivity contribution in [2.24, 2.45) is 10.7 Å². The summed E-state index contributed by atoms with van der Waals surface area (Å²) in [6.45, 7) is 0.230. The second-order valence-electron chi connectivity index (χ2n) is 5.69. The number of nitrogens with zero attached hydrogens (tertiary/aromatic N) is 1. The minimum atomic E-state index is -0.979. The van der Waals surface area contributed by atoms with E-state index < -0.39 is 5.97 Å². The van der Waals surface area contributed by atoms with Crippen LogP contribution in [0.15, 0.2) is 50.8 Å². The molecule has 0 radical (unpaired) electrons. The lowest BCUT2D eigenvalue weighted by Crippen LogP contribution is -2.01. The first-order valence-corrected chi connectivity index (χ1v) is 9.59. The van der Waals surface area contributed by atoms with Gasteiger partial charge in [0.1, 0.15) is 6.61 Å². The monoisotopic (exact) mass is 462 g/mol. The third kappa shape index (κ3) is 4.55. The molecule has 1 amide bonds. The zero-order valence-electron chi connectivity index (χ0n) is 14.6. The van der Waals surface area contributed by atoms with E-state index in [1.54, 1.807) is 30.3 Å². The number of rotatable bonds is 6. The maximum absolute atomic E-state index is 11.8. The lowest BCUT2D eigenvalue weighted by atomic mass is 10.1. The van der Waals surface area contributed by atoms with Crippen LogP contribution in [0.25, 0.3) is 6.08 Å².